The van der Waals surface area contributed by atoms with E-state index < -0.39 is 0 Å². The molecule has 0 radical (unpaired) electrons. The van der Waals surface area contributed by atoms with Gasteiger partial charge in [0.25, 0.3) is 11.5 Å². The first-order valence-electron chi connectivity index (χ1n) is 7.93. The molecule has 0 bridgehead atoms. The van der Waals surface area contributed by atoms with Crippen molar-refractivity contribution in [3.8, 4) is 0 Å². The fraction of sp³-hybridized carbons (Fsp3) is 0.105. The first-order valence-corrected chi connectivity index (χ1v) is 9.12. The van der Waals surface area contributed by atoms with Crippen molar-refractivity contribution in [2.75, 3.05) is 5.32 Å². The largest absolute Gasteiger partial charge is 0.321 e. The van der Waals surface area contributed by atoms with Crippen molar-refractivity contribution in [1.29, 1.82) is 0 Å². The summed E-state index contributed by atoms with van der Waals surface area (Å²) in [7, 11) is 0. The van der Waals surface area contributed by atoms with Crippen LogP contribution in [0.5, 0.6) is 0 Å². The number of hydrogen-bond acceptors (Lipinski definition) is 4. The Hall–Kier alpha value is -2.70. The van der Waals surface area contributed by atoms with Crippen molar-refractivity contribution in [2.45, 2.75) is 13.8 Å². The third-order valence-electron chi connectivity index (χ3n) is 4.18. The van der Waals surface area contributed by atoms with Crippen LogP contribution >= 0.6 is 22.9 Å². The Balaban J connectivity index is 1.77. The standard InChI is InChI=1S/C19H14ClN3O2S/c1-10-5-6-12(8-14(10)20)21-17(24)15-9-13-18(26-15)22-16-11(2)4-3-7-23(16)19(13)25/h3-9H,1-2H3,(H,21,24). The number of benzene rings is 1. The van der Waals surface area contributed by atoms with E-state index in [2.05, 4.69) is 10.3 Å². The molecule has 1 amide bonds. The van der Waals surface area contributed by atoms with Gasteiger partial charge < -0.3 is 5.32 Å². The monoisotopic (exact) mass is 383 g/mol. The van der Waals surface area contributed by atoms with Crippen molar-refractivity contribution >= 4 is 50.4 Å². The number of aryl methyl sites for hydroxylation is 2. The van der Waals surface area contributed by atoms with Gasteiger partial charge in [-0.15, -0.1) is 11.3 Å². The number of hydrogen-bond donors (Lipinski definition) is 1. The molecule has 7 heteroatoms. The van der Waals surface area contributed by atoms with Gasteiger partial charge in [-0.3, -0.25) is 14.0 Å². The predicted octanol–water partition coefficient (Wildman–Crippen LogP) is 4.43. The third kappa shape index (κ3) is 2.77. The minimum atomic E-state index is -0.293. The maximum atomic E-state index is 12.7. The Bertz CT molecular complexity index is 1240. The van der Waals surface area contributed by atoms with Gasteiger partial charge in [-0.1, -0.05) is 23.7 Å². The van der Waals surface area contributed by atoms with E-state index in [1.54, 1.807) is 30.5 Å². The number of anilines is 1. The molecule has 130 valence electrons. The van der Waals surface area contributed by atoms with Gasteiger partial charge in [0, 0.05) is 16.9 Å². The highest BCUT2D eigenvalue weighted by molar-refractivity contribution is 7.20. The van der Waals surface area contributed by atoms with E-state index in [1.165, 1.54) is 15.7 Å². The summed E-state index contributed by atoms with van der Waals surface area (Å²) in [6, 6.07) is 10.6. The molecule has 4 rings (SSSR count). The molecule has 0 aliphatic carbocycles. The highest BCUT2D eigenvalue weighted by Crippen LogP contribution is 2.25. The smallest absolute Gasteiger partial charge is 0.266 e. The molecule has 26 heavy (non-hydrogen) atoms. The molecule has 0 saturated heterocycles. The van der Waals surface area contributed by atoms with Crippen LogP contribution in [0.15, 0.2) is 47.4 Å². The van der Waals surface area contributed by atoms with Gasteiger partial charge >= 0.3 is 0 Å². The third-order valence-corrected chi connectivity index (χ3v) is 5.62. The zero-order valence-electron chi connectivity index (χ0n) is 14.0. The maximum absolute atomic E-state index is 12.7. The Morgan fingerprint density at radius 1 is 1.19 bits per heavy atom. The van der Waals surface area contributed by atoms with E-state index in [0.29, 0.717) is 31.5 Å². The molecule has 0 spiro atoms. The average Bonchev–Trinajstić information content (AvgIpc) is 3.04. The number of pyridine rings is 1. The summed E-state index contributed by atoms with van der Waals surface area (Å²) in [6.07, 6.45) is 1.68. The topological polar surface area (TPSA) is 63.5 Å². The molecule has 3 aromatic heterocycles. The molecular formula is C19H14ClN3O2S. The second-order valence-corrected chi connectivity index (χ2v) is 7.49. The van der Waals surface area contributed by atoms with Gasteiger partial charge in [-0.25, -0.2) is 4.98 Å². The van der Waals surface area contributed by atoms with Crippen LogP contribution in [-0.2, 0) is 0 Å². The number of carbonyl (C=O) groups is 1. The Morgan fingerprint density at radius 3 is 2.77 bits per heavy atom. The fourth-order valence-electron chi connectivity index (χ4n) is 2.73. The van der Waals surface area contributed by atoms with E-state index in [4.69, 9.17) is 11.6 Å². The minimum absolute atomic E-state index is 0.178. The van der Waals surface area contributed by atoms with Gasteiger partial charge in [0.1, 0.15) is 10.5 Å². The quantitative estimate of drug-likeness (QED) is 0.557. The van der Waals surface area contributed by atoms with Crippen LogP contribution in [0.25, 0.3) is 15.9 Å². The SMILES string of the molecule is Cc1ccc(NC(=O)c2cc3c(=O)n4cccc(C)c4nc3s2)cc1Cl. The van der Waals surface area contributed by atoms with Crippen LogP contribution in [0, 0.1) is 13.8 Å². The first-order chi connectivity index (χ1) is 12.4. The van der Waals surface area contributed by atoms with E-state index >= 15 is 0 Å². The number of halogens is 1. The molecule has 0 fully saturated rings. The zero-order chi connectivity index (χ0) is 18.4. The van der Waals surface area contributed by atoms with Gasteiger partial charge in [-0.05, 0) is 49.2 Å². The van der Waals surface area contributed by atoms with Crippen molar-refractivity contribution in [3.05, 3.63) is 74.0 Å². The summed E-state index contributed by atoms with van der Waals surface area (Å²) in [5, 5.41) is 3.83. The Kier molecular flexibility index (Phi) is 4.01. The molecule has 1 aromatic carbocycles. The van der Waals surface area contributed by atoms with Crippen LogP contribution in [0.1, 0.15) is 20.8 Å². The van der Waals surface area contributed by atoms with Crippen molar-refractivity contribution in [1.82, 2.24) is 9.38 Å². The van der Waals surface area contributed by atoms with Crippen LogP contribution in [0.3, 0.4) is 0 Å². The summed E-state index contributed by atoms with van der Waals surface area (Å²) >= 11 is 7.30. The van der Waals surface area contributed by atoms with Gasteiger partial charge in [0.15, 0.2) is 0 Å². The van der Waals surface area contributed by atoms with E-state index in [-0.39, 0.29) is 11.5 Å². The van der Waals surface area contributed by atoms with Crippen LogP contribution in [-0.4, -0.2) is 15.3 Å². The lowest BCUT2D eigenvalue weighted by molar-refractivity contribution is 0.103. The number of thiophene rings is 1. The van der Waals surface area contributed by atoms with E-state index in [0.717, 1.165) is 11.1 Å². The highest BCUT2D eigenvalue weighted by atomic mass is 35.5. The molecule has 0 unspecified atom stereocenters. The molecule has 0 aliphatic heterocycles. The molecule has 0 atom stereocenters. The minimum Gasteiger partial charge on any atom is -0.321 e. The van der Waals surface area contributed by atoms with Crippen molar-refractivity contribution in [3.63, 3.8) is 0 Å². The highest BCUT2D eigenvalue weighted by Gasteiger charge is 2.16. The lowest BCUT2D eigenvalue weighted by Gasteiger charge is -2.05. The first kappa shape index (κ1) is 16.8. The second kappa shape index (κ2) is 6.23. The molecular weight excluding hydrogens is 370 g/mol. The number of aromatic nitrogens is 2. The van der Waals surface area contributed by atoms with Gasteiger partial charge in [0.2, 0.25) is 0 Å². The molecule has 4 aromatic rings. The fourth-order valence-corrected chi connectivity index (χ4v) is 3.83. The van der Waals surface area contributed by atoms with E-state index in [9.17, 15) is 9.59 Å². The van der Waals surface area contributed by atoms with Gasteiger partial charge in [0.05, 0.1) is 10.3 Å². The van der Waals surface area contributed by atoms with Crippen molar-refractivity contribution < 1.29 is 4.79 Å². The lowest BCUT2D eigenvalue weighted by Crippen LogP contribution is -2.14. The maximum Gasteiger partial charge on any atom is 0.266 e. The summed E-state index contributed by atoms with van der Waals surface area (Å²) in [5.74, 6) is -0.293. The number of carbonyl (C=O) groups excluding carboxylic acids is 1. The number of nitrogens with one attached hydrogen (secondary N) is 1. The summed E-state index contributed by atoms with van der Waals surface area (Å²) in [5.41, 5.74) is 2.87. The zero-order valence-corrected chi connectivity index (χ0v) is 15.6. The van der Waals surface area contributed by atoms with Crippen LogP contribution < -0.4 is 10.9 Å². The van der Waals surface area contributed by atoms with Crippen molar-refractivity contribution in [2.24, 2.45) is 0 Å². The molecule has 0 aliphatic rings. The lowest BCUT2D eigenvalue weighted by atomic mass is 10.2. The van der Waals surface area contributed by atoms with Crippen LogP contribution in [0.2, 0.25) is 5.02 Å². The van der Waals surface area contributed by atoms with Crippen LogP contribution in [0.4, 0.5) is 5.69 Å². The average molecular weight is 384 g/mol. The number of rotatable bonds is 2. The molecule has 3 heterocycles. The van der Waals surface area contributed by atoms with Gasteiger partial charge in [-0.2, -0.15) is 0 Å². The summed E-state index contributed by atoms with van der Waals surface area (Å²) in [6.45, 7) is 3.79. The second-order valence-electron chi connectivity index (χ2n) is 6.05. The predicted molar refractivity (Wildman–Crippen MR) is 106 cm³/mol. The molecule has 1 N–H and O–H groups in total. The Morgan fingerprint density at radius 2 is 2.00 bits per heavy atom. The molecule has 5 nitrogen and oxygen atoms in total. The number of fused-ring (bicyclic) bond motifs is 2. The number of amides is 1. The summed E-state index contributed by atoms with van der Waals surface area (Å²) in [4.78, 5) is 30.8. The Labute approximate surface area is 157 Å². The van der Waals surface area contributed by atoms with E-state index in [1.807, 2.05) is 26.0 Å². The normalized spacial score (nSPS) is 11.2. The summed E-state index contributed by atoms with van der Waals surface area (Å²) < 4.78 is 1.51. The molecule has 0 saturated carbocycles. The number of nitrogens with zero attached hydrogens (tertiary/aromatic N) is 2.